The highest BCUT2D eigenvalue weighted by molar-refractivity contribution is 14.0. The SMILES string of the molecule is CCOC(=O)c1sc(C(C)NC(=NC)NCC(=O)Nc2cccc(F)c2)nc1C.I. The Morgan fingerprint density at radius 1 is 1.37 bits per heavy atom. The smallest absolute Gasteiger partial charge is 0.350 e. The molecule has 0 saturated heterocycles. The number of aryl methyl sites for hydroxylation is 1. The van der Waals surface area contributed by atoms with Crippen LogP contribution < -0.4 is 16.0 Å². The lowest BCUT2D eigenvalue weighted by Gasteiger charge is -2.16. The highest BCUT2D eigenvalue weighted by Gasteiger charge is 2.20. The van der Waals surface area contributed by atoms with Gasteiger partial charge in [-0.3, -0.25) is 9.79 Å². The highest BCUT2D eigenvalue weighted by Crippen LogP contribution is 2.24. The molecule has 0 aliphatic carbocycles. The zero-order valence-corrected chi connectivity index (χ0v) is 20.3. The molecule has 164 valence electrons. The van der Waals surface area contributed by atoms with Gasteiger partial charge in [-0.2, -0.15) is 0 Å². The normalized spacial score (nSPS) is 11.8. The van der Waals surface area contributed by atoms with Crippen molar-refractivity contribution in [3.05, 3.63) is 45.7 Å². The molecule has 0 aliphatic rings. The number of benzene rings is 1. The molecular formula is C19H25FIN5O3S. The van der Waals surface area contributed by atoms with Crippen molar-refractivity contribution in [2.75, 3.05) is 25.5 Å². The van der Waals surface area contributed by atoms with Gasteiger partial charge in [-0.1, -0.05) is 6.07 Å². The molecule has 0 fully saturated rings. The van der Waals surface area contributed by atoms with Crippen LogP contribution in [0.1, 0.15) is 40.3 Å². The minimum absolute atomic E-state index is 0. The second kappa shape index (κ2) is 12.4. The summed E-state index contributed by atoms with van der Waals surface area (Å²) in [5.74, 6) is -0.779. The Morgan fingerprint density at radius 3 is 2.73 bits per heavy atom. The molecule has 3 N–H and O–H groups in total. The van der Waals surface area contributed by atoms with Crippen molar-refractivity contribution < 1.29 is 18.7 Å². The van der Waals surface area contributed by atoms with Crippen LogP contribution in [0.2, 0.25) is 0 Å². The van der Waals surface area contributed by atoms with Gasteiger partial charge in [0.15, 0.2) is 5.96 Å². The van der Waals surface area contributed by atoms with Crippen LogP contribution in [0.25, 0.3) is 0 Å². The van der Waals surface area contributed by atoms with Gasteiger partial charge in [-0.05, 0) is 39.0 Å². The standard InChI is InChI=1S/C19H24FN5O3S.HI/c1-5-28-18(27)16-11(2)23-17(29-16)12(3)24-19(21-4)22-10-15(26)25-14-8-6-7-13(20)9-14;/h6-9,12H,5,10H2,1-4H3,(H,25,26)(H2,21,22,24);1H. The number of nitrogens with zero attached hydrogens (tertiary/aromatic N) is 2. The van der Waals surface area contributed by atoms with Crippen LogP contribution >= 0.6 is 35.3 Å². The highest BCUT2D eigenvalue weighted by atomic mass is 127. The van der Waals surface area contributed by atoms with Crippen LogP contribution in [-0.4, -0.2) is 43.0 Å². The summed E-state index contributed by atoms with van der Waals surface area (Å²) in [6, 6.07) is 5.40. The van der Waals surface area contributed by atoms with Crippen LogP contribution in [0.4, 0.5) is 10.1 Å². The summed E-state index contributed by atoms with van der Waals surface area (Å²) >= 11 is 1.25. The van der Waals surface area contributed by atoms with Gasteiger partial charge >= 0.3 is 5.97 Å². The van der Waals surface area contributed by atoms with Crippen molar-refractivity contribution in [2.24, 2.45) is 4.99 Å². The quantitative estimate of drug-likeness (QED) is 0.212. The van der Waals surface area contributed by atoms with E-state index in [9.17, 15) is 14.0 Å². The number of rotatable bonds is 7. The Morgan fingerprint density at radius 2 is 2.10 bits per heavy atom. The second-order valence-corrected chi connectivity index (χ2v) is 7.07. The molecule has 1 aromatic heterocycles. The minimum atomic E-state index is -0.428. The molecule has 11 heteroatoms. The number of aliphatic imine (C=N–C) groups is 1. The van der Waals surface area contributed by atoms with E-state index < -0.39 is 11.8 Å². The Hall–Kier alpha value is -2.28. The van der Waals surface area contributed by atoms with Crippen molar-refractivity contribution in [1.29, 1.82) is 0 Å². The number of nitrogens with one attached hydrogen (secondary N) is 3. The van der Waals surface area contributed by atoms with Gasteiger partial charge in [0.05, 0.1) is 24.9 Å². The molecule has 0 spiro atoms. The van der Waals surface area contributed by atoms with Crippen LogP contribution in [-0.2, 0) is 9.53 Å². The number of hydrogen-bond donors (Lipinski definition) is 3. The first-order valence-electron chi connectivity index (χ1n) is 9.01. The number of amides is 1. The van der Waals surface area contributed by atoms with Crippen LogP contribution in [0, 0.1) is 12.7 Å². The van der Waals surface area contributed by atoms with Gasteiger partial charge in [0.2, 0.25) is 5.91 Å². The summed E-state index contributed by atoms with van der Waals surface area (Å²) in [6.07, 6.45) is 0. The molecule has 1 heterocycles. The molecule has 1 unspecified atom stereocenters. The van der Waals surface area contributed by atoms with Gasteiger partial charge in [0.1, 0.15) is 15.7 Å². The van der Waals surface area contributed by atoms with Crippen molar-refractivity contribution in [1.82, 2.24) is 15.6 Å². The molecule has 1 amide bonds. The van der Waals surface area contributed by atoms with Crippen LogP contribution in [0.15, 0.2) is 29.3 Å². The molecule has 2 aromatic rings. The first-order chi connectivity index (χ1) is 13.8. The summed E-state index contributed by atoms with van der Waals surface area (Å²) < 4.78 is 18.2. The molecule has 0 aliphatic heterocycles. The Bertz CT molecular complexity index is 906. The van der Waals surface area contributed by atoms with Crippen molar-refractivity contribution in [2.45, 2.75) is 26.8 Å². The van der Waals surface area contributed by atoms with E-state index in [2.05, 4.69) is 25.9 Å². The first kappa shape index (κ1) is 25.8. The fourth-order valence-corrected chi connectivity index (χ4v) is 3.35. The van der Waals surface area contributed by atoms with Crippen molar-refractivity contribution in [3.8, 4) is 0 Å². The Balaban J connectivity index is 0.00000450. The summed E-state index contributed by atoms with van der Waals surface area (Å²) in [7, 11) is 1.57. The van der Waals surface area contributed by atoms with Crippen molar-refractivity contribution >= 4 is 58.8 Å². The van der Waals surface area contributed by atoms with E-state index in [-0.39, 0.29) is 42.5 Å². The number of halogens is 2. The average Bonchev–Trinajstić information content (AvgIpc) is 3.07. The summed E-state index contributed by atoms with van der Waals surface area (Å²) in [5, 5.41) is 9.29. The van der Waals surface area contributed by atoms with Gasteiger partial charge in [-0.15, -0.1) is 35.3 Å². The zero-order chi connectivity index (χ0) is 21.4. The summed E-state index contributed by atoms with van der Waals surface area (Å²) in [4.78, 5) is 33.0. The maximum absolute atomic E-state index is 13.2. The third kappa shape index (κ3) is 7.52. The number of guanidine groups is 1. The lowest BCUT2D eigenvalue weighted by molar-refractivity contribution is -0.115. The predicted octanol–water partition coefficient (Wildman–Crippen LogP) is 3.25. The fraction of sp³-hybridized carbons (Fsp3) is 0.368. The summed E-state index contributed by atoms with van der Waals surface area (Å²) in [6.45, 7) is 5.61. The minimum Gasteiger partial charge on any atom is -0.462 e. The van der Waals surface area contributed by atoms with Gasteiger partial charge in [0.25, 0.3) is 0 Å². The molecule has 2 rings (SSSR count). The molecule has 1 atom stereocenters. The number of carbonyl (C=O) groups is 2. The predicted molar refractivity (Wildman–Crippen MR) is 126 cm³/mol. The number of thiazole rings is 1. The number of carbonyl (C=O) groups excluding carboxylic acids is 2. The number of anilines is 1. The maximum Gasteiger partial charge on any atom is 0.350 e. The van der Waals surface area contributed by atoms with E-state index in [1.165, 1.54) is 29.5 Å². The van der Waals surface area contributed by atoms with E-state index in [0.717, 1.165) is 0 Å². The largest absolute Gasteiger partial charge is 0.462 e. The average molecular weight is 549 g/mol. The number of hydrogen-bond acceptors (Lipinski definition) is 6. The monoisotopic (exact) mass is 549 g/mol. The van der Waals surface area contributed by atoms with E-state index in [1.807, 2.05) is 6.92 Å². The van der Waals surface area contributed by atoms with E-state index in [1.54, 1.807) is 27.0 Å². The third-order valence-corrected chi connectivity index (χ3v) is 5.07. The first-order valence-corrected chi connectivity index (χ1v) is 9.82. The van der Waals surface area contributed by atoms with Gasteiger partial charge < -0.3 is 20.7 Å². The Kier molecular flexibility index (Phi) is 10.7. The number of esters is 1. The van der Waals surface area contributed by atoms with E-state index in [4.69, 9.17) is 4.74 Å². The maximum atomic E-state index is 13.2. The van der Waals surface area contributed by atoms with Crippen LogP contribution in [0.5, 0.6) is 0 Å². The molecule has 0 radical (unpaired) electrons. The molecular weight excluding hydrogens is 524 g/mol. The topological polar surface area (TPSA) is 105 Å². The van der Waals surface area contributed by atoms with Gasteiger partial charge in [0, 0.05) is 12.7 Å². The second-order valence-electron chi connectivity index (χ2n) is 6.04. The number of ether oxygens (including phenoxy) is 1. The lowest BCUT2D eigenvalue weighted by atomic mass is 10.3. The molecule has 30 heavy (non-hydrogen) atoms. The van der Waals surface area contributed by atoms with Crippen molar-refractivity contribution in [3.63, 3.8) is 0 Å². The lowest BCUT2D eigenvalue weighted by Crippen LogP contribution is -2.42. The third-order valence-electron chi connectivity index (χ3n) is 3.75. The van der Waals surface area contributed by atoms with Gasteiger partial charge in [-0.25, -0.2) is 14.2 Å². The molecule has 1 aromatic carbocycles. The molecule has 8 nitrogen and oxygen atoms in total. The zero-order valence-electron chi connectivity index (χ0n) is 17.1. The summed E-state index contributed by atoms with van der Waals surface area (Å²) in [5.41, 5.74) is 0.979. The number of aromatic nitrogens is 1. The van der Waals surface area contributed by atoms with E-state index in [0.29, 0.717) is 33.8 Å². The molecule has 0 bridgehead atoms. The van der Waals surface area contributed by atoms with Crippen LogP contribution in [0.3, 0.4) is 0 Å². The fourth-order valence-electron chi connectivity index (χ4n) is 2.39. The molecule has 0 saturated carbocycles. The Labute approximate surface area is 195 Å². The van der Waals surface area contributed by atoms with E-state index >= 15 is 0 Å².